The van der Waals surface area contributed by atoms with E-state index >= 15 is 0 Å². The fourth-order valence-electron chi connectivity index (χ4n) is 2.83. The van der Waals surface area contributed by atoms with Crippen molar-refractivity contribution in [2.75, 3.05) is 42.3 Å². The van der Waals surface area contributed by atoms with Gasteiger partial charge in [-0.25, -0.2) is 0 Å². The Kier molecular flexibility index (Phi) is 6.45. The summed E-state index contributed by atoms with van der Waals surface area (Å²) >= 11 is 7.66. The van der Waals surface area contributed by atoms with E-state index < -0.39 is 0 Å². The molecule has 1 aliphatic rings. The fourth-order valence-corrected chi connectivity index (χ4v) is 3.98. The Balaban J connectivity index is 1.60. The summed E-state index contributed by atoms with van der Waals surface area (Å²) in [5, 5.41) is 7.53. The van der Waals surface area contributed by atoms with Gasteiger partial charge in [0.15, 0.2) is 0 Å². The van der Waals surface area contributed by atoms with Crippen molar-refractivity contribution >= 4 is 40.6 Å². The van der Waals surface area contributed by atoms with Crippen molar-refractivity contribution in [1.82, 2.24) is 5.16 Å². The molecule has 0 unspecified atom stereocenters. The first-order chi connectivity index (χ1) is 12.5. The molecule has 0 bridgehead atoms. The molecule has 0 aliphatic carbocycles. The Bertz CT molecular complexity index is 756. The van der Waals surface area contributed by atoms with Crippen molar-refractivity contribution < 1.29 is 14.1 Å². The first-order valence-corrected chi connectivity index (χ1v) is 9.99. The number of amides is 1. The third-order valence-electron chi connectivity index (χ3n) is 4.25. The summed E-state index contributed by atoms with van der Waals surface area (Å²) in [6, 6.07) is 5.58. The van der Waals surface area contributed by atoms with E-state index in [-0.39, 0.29) is 5.91 Å². The van der Waals surface area contributed by atoms with E-state index in [1.807, 2.05) is 26.0 Å². The van der Waals surface area contributed by atoms with Gasteiger partial charge < -0.3 is 19.5 Å². The van der Waals surface area contributed by atoms with E-state index in [0.717, 1.165) is 41.5 Å². The van der Waals surface area contributed by atoms with Crippen LogP contribution in [0.5, 0.6) is 0 Å². The van der Waals surface area contributed by atoms with Crippen molar-refractivity contribution in [2.45, 2.75) is 19.6 Å². The number of benzene rings is 1. The van der Waals surface area contributed by atoms with E-state index in [1.54, 1.807) is 6.07 Å². The summed E-state index contributed by atoms with van der Waals surface area (Å²) in [5.74, 6) is 1.79. The first kappa shape index (κ1) is 19.1. The van der Waals surface area contributed by atoms with Crippen molar-refractivity contribution in [3.8, 4) is 0 Å². The molecule has 1 aliphatic heterocycles. The molecule has 26 heavy (non-hydrogen) atoms. The van der Waals surface area contributed by atoms with Crippen molar-refractivity contribution in [3.05, 3.63) is 40.2 Å². The minimum absolute atomic E-state index is 0.0569. The molecule has 6 nitrogen and oxygen atoms in total. The molecule has 8 heteroatoms. The van der Waals surface area contributed by atoms with Gasteiger partial charge in [-0.1, -0.05) is 16.8 Å². The van der Waals surface area contributed by atoms with Gasteiger partial charge in [-0.3, -0.25) is 4.79 Å². The van der Waals surface area contributed by atoms with Crippen LogP contribution in [-0.4, -0.2) is 43.1 Å². The van der Waals surface area contributed by atoms with Gasteiger partial charge in [-0.05, 0) is 32.0 Å². The number of aryl methyl sites for hydroxylation is 2. The van der Waals surface area contributed by atoms with E-state index in [0.29, 0.717) is 29.7 Å². The van der Waals surface area contributed by atoms with Crippen molar-refractivity contribution in [1.29, 1.82) is 0 Å². The molecule has 0 saturated carbocycles. The number of anilines is 2. The monoisotopic (exact) mass is 395 g/mol. The SMILES string of the molecule is Cc1noc(C)c1CSCC(=O)Nc1cc(Cl)ccc1N1CCOCC1. The van der Waals surface area contributed by atoms with Crippen LogP contribution in [0.25, 0.3) is 0 Å². The molecular formula is C18H22ClN3O3S. The van der Waals surface area contributed by atoms with Gasteiger partial charge >= 0.3 is 0 Å². The third-order valence-corrected chi connectivity index (χ3v) is 5.44. The normalized spacial score (nSPS) is 14.5. The Labute approximate surface area is 162 Å². The molecule has 0 spiro atoms. The molecule has 3 rings (SSSR count). The maximum Gasteiger partial charge on any atom is 0.234 e. The van der Waals surface area contributed by atoms with Gasteiger partial charge in [0.2, 0.25) is 5.91 Å². The van der Waals surface area contributed by atoms with Crippen LogP contribution in [0.3, 0.4) is 0 Å². The van der Waals surface area contributed by atoms with Crippen LogP contribution in [0.1, 0.15) is 17.0 Å². The maximum absolute atomic E-state index is 12.4. The summed E-state index contributed by atoms with van der Waals surface area (Å²) in [7, 11) is 0. The lowest BCUT2D eigenvalue weighted by atomic mass is 10.2. The molecule has 2 aromatic rings. The van der Waals surface area contributed by atoms with E-state index in [9.17, 15) is 4.79 Å². The Morgan fingerprint density at radius 3 is 2.81 bits per heavy atom. The van der Waals surface area contributed by atoms with Crippen molar-refractivity contribution in [3.63, 3.8) is 0 Å². The van der Waals surface area contributed by atoms with E-state index in [1.165, 1.54) is 11.8 Å². The highest BCUT2D eigenvalue weighted by molar-refractivity contribution is 7.99. The number of rotatable bonds is 6. The summed E-state index contributed by atoms with van der Waals surface area (Å²) in [6.45, 7) is 6.76. The number of carbonyl (C=O) groups is 1. The van der Waals surface area contributed by atoms with Gasteiger partial charge in [-0.15, -0.1) is 11.8 Å². The molecule has 140 valence electrons. The molecule has 0 atom stereocenters. The summed E-state index contributed by atoms with van der Waals surface area (Å²) < 4.78 is 10.6. The number of nitrogens with zero attached hydrogens (tertiary/aromatic N) is 2. The summed E-state index contributed by atoms with van der Waals surface area (Å²) in [6.07, 6.45) is 0. The van der Waals surface area contributed by atoms with Crippen LogP contribution in [0.2, 0.25) is 5.02 Å². The quantitative estimate of drug-likeness (QED) is 0.805. The number of aromatic nitrogens is 1. The van der Waals surface area contributed by atoms with Gasteiger partial charge in [0.1, 0.15) is 5.76 Å². The topological polar surface area (TPSA) is 67.6 Å². The second-order valence-corrected chi connectivity index (χ2v) is 7.53. The van der Waals surface area contributed by atoms with Crippen LogP contribution < -0.4 is 10.2 Å². The summed E-state index contributed by atoms with van der Waals surface area (Å²) in [4.78, 5) is 14.6. The zero-order valence-electron chi connectivity index (χ0n) is 14.9. The highest BCUT2D eigenvalue weighted by atomic mass is 35.5. The largest absolute Gasteiger partial charge is 0.378 e. The van der Waals surface area contributed by atoms with Crippen molar-refractivity contribution in [2.24, 2.45) is 0 Å². The molecule has 1 aromatic carbocycles. The van der Waals surface area contributed by atoms with E-state index in [4.69, 9.17) is 20.9 Å². The number of nitrogens with one attached hydrogen (secondary N) is 1. The van der Waals surface area contributed by atoms with E-state index in [2.05, 4.69) is 15.4 Å². The number of ether oxygens (including phenoxy) is 1. The smallest absolute Gasteiger partial charge is 0.234 e. The minimum atomic E-state index is -0.0569. The average Bonchev–Trinajstić information content (AvgIpc) is 2.94. The molecule has 0 radical (unpaired) electrons. The predicted octanol–water partition coefficient (Wildman–Crippen LogP) is 3.65. The second kappa shape index (κ2) is 8.79. The first-order valence-electron chi connectivity index (χ1n) is 8.46. The van der Waals surface area contributed by atoms with Crippen LogP contribution in [0, 0.1) is 13.8 Å². The number of thioether (sulfide) groups is 1. The third kappa shape index (κ3) is 4.72. The molecule has 1 amide bonds. The van der Waals surface area contributed by atoms with Gasteiger partial charge in [0.25, 0.3) is 0 Å². The minimum Gasteiger partial charge on any atom is -0.378 e. The highest BCUT2D eigenvalue weighted by Gasteiger charge is 2.17. The average molecular weight is 396 g/mol. The standard InChI is InChI=1S/C18H22ClN3O3S/c1-12-15(13(2)25-21-12)10-26-11-18(23)20-16-9-14(19)3-4-17(16)22-5-7-24-8-6-22/h3-4,9H,5-8,10-11H2,1-2H3,(H,20,23). The molecule has 1 N–H and O–H groups in total. The lowest BCUT2D eigenvalue weighted by molar-refractivity contribution is -0.113. The maximum atomic E-state index is 12.4. The number of hydrogen-bond acceptors (Lipinski definition) is 6. The lowest BCUT2D eigenvalue weighted by Crippen LogP contribution is -2.36. The molecule has 1 saturated heterocycles. The van der Waals surface area contributed by atoms with Crippen LogP contribution >= 0.6 is 23.4 Å². The Hall–Kier alpha value is -1.70. The number of halogens is 1. The zero-order valence-corrected chi connectivity index (χ0v) is 16.5. The Morgan fingerprint density at radius 2 is 2.12 bits per heavy atom. The zero-order chi connectivity index (χ0) is 18.5. The van der Waals surface area contributed by atoms with Gasteiger partial charge in [-0.2, -0.15) is 0 Å². The number of carbonyl (C=O) groups excluding carboxylic acids is 1. The van der Waals surface area contributed by atoms with Crippen LogP contribution in [-0.2, 0) is 15.3 Å². The van der Waals surface area contributed by atoms with Gasteiger partial charge in [0, 0.05) is 29.4 Å². The lowest BCUT2D eigenvalue weighted by Gasteiger charge is -2.30. The number of morpholine rings is 1. The van der Waals surface area contributed by atoms with Crippen LogP contribution in [0.4, 0.5) is 11.4 Å². The molecule has 1 fully saturated rings. The predicted molar refractivity (Wildman–Crippen MR) is 105 cm³/mol. The molecular weight excluding hydrogens is 374 g/mol. The Morgan fingerprint density at radius 1 is 1.35 bits per heavy atom. The molecule has 2 heterocycles. The highest BCUT2D eigenvalue weighted by Crippen LogP contribution is 2.30. The fraction of sp³-hybridized carbons (Fsp3) is 0.444. The van der Waals surface area contributed by atoms with Crippen LogP contribution in [0.15, 0.2) is 22.7 Å². The number of hydrogen-bond donors (Lipinski definition) is 1. The second-order valence-electron chi connectivity index (χ2n) is 6.10. The molecule has 1 aromatic heterocycles. The summed E-state index contributed by atoms with van der Waals surface area (Å²) in [5.41, 5.74) is 3.64. The van der Waals surface area contributed by atoms with Gasteiger partial charge in [0.05, 0.1) is 36.0 Å².